The van der Waals surface area contributed by atoms with Crippen molar-refractivity contribution in [3.63, 3.8) is 0 Å². The van der Waals surface area contributed by atoms with Crippen LogP contribution in [-0.2, 0) is 24.3 Å². The summed E-state index contributed by atoms with van der Waals surface area (Å²) in [7, 11) is 0. The van der Waals surface area contributed by atoms with Crippen molar-refractivity contribution in [1.82, 2.24) is 14.5 Å². The molecule has 1 aromatic carbocycles. The number of aromatic nitrogens is 2. The van der Waals surface area contributed by atoms with Gasteiger partial charge in [-0.3, -0.25) is 4.79 Å². The molecule has 0 saturated carbocycles. The van der Waals surface area contributed by atoms with Crippen LogP contribution < -0.4 is 0 Å². The lowest BCUT2D eigenvalue weighted by Crippen LogP contribution is -2.40. The highest BCUT2D eigenvalue weighted by Gasteiger charge is 2.30. The van der Waals surface area contributed by atoms with Gasteiger partial charge in [-0.15, -0.1) is 0 Å². The first kappa shape index (κ1) is 13.5. The predicted octanol–water partition coefficient (Wildman–Crippen LogP) is 2.17. The van der Waals surface area contributed by atoms with E-state index in [0.717, 1.165) is 18.8 Å². The maximum atomic E-state index is 13.0. The summed E-state index contributed by atoms with van der Waals surface area (Å²) in [6.07, 6.45) is 2.61. The van der Waals surface area contributed by atoms with Gasteiger partial charge in [0, 0.05) is 13.1 Å². The second-order valence-corrected chi connectivity index (χ2v) is 5.89. The minimum absolute atomic E-state index is 0.0719. The Hall–Kier alpha value is -2.14. The number of nitrogens with zero attached hydrogens (tertiary/aromatic N) is 3. The Balaban J connectivity index is 1.65. The number of hydrogen-bond donors (Lipinski definition) is 0. The normalized spacial score (nSPS) is 20.4. The summed E-state index contributed by atoms with van der Waals surface area (Å²) in [4.78, 5) is 19.3. The number of amides is 1. The number of benzene rings is 1. The van der Waals surface area contributed by atoms with E-state index in [1.807, 2.05) is 15.5 Å². The fraction of sp³-hybridized carbons (Fsp3) is 0.412. The van der Waals surface area contributed by atoms with E-state index < -0.39 is 0 Å². The average molecular weight is 297 g/mol. The van der Waals surface area contributed by atoms with Crippen LogP contribution in [0.25, 0.3) is 0 Å². The van der Waals surface area contributed by atoms with Gasteiger partial charge in [0.1, 0.15) is 18.1 Å². The summed E-state index contributed by atoms with van der Waals surface area (Å²) < 4.78 is 7.39. The molecule has 1 unspecified atom stereocenters. The van der Waals surface area contributed by atoms with Crippen LogP contribution in [0.3, 0.4) is 0 Å². The molecule has 0 spiro atoms. The van der Waals surface area contributed by atoms with E-state index in [4.69, 9.17) is 4.74 Å². The van der Waals surface area contributed by atoms with Gasteiger partial charge in [0.25, 0.3) is 5.91 Å². The molecule has 3 heterocycles. The lowest BCUT2D eigenvalue weighted by molar-refractivity contribution is 0.0628. The molecule has 2 aliphatic heterocycles. The van der Waals surface area contributed by atoms with Gasteiger partial charge in [-0.25, -0.2) is 4.98 Å². The number of fused-ring (bicyclic) bond motifs is 2. The summed E-state index contributed by atoms with van der Waals surface area (Å²) in [5.74, 6) is 0.919. The third-order valence-electron chi connectivity index (χ3n) is 4.70. The number of imidazole rings is 1. The Labute approximate surface area is 129 Å². The van der Waals surface area contributed by atoms with Gasteiger partial charge in [-0.05, 0) is 24.5 Å². The predicted molar refractivity (Wildman–Crippen MR) is 81.5 cm³/mol. The fourth-order valence-electron chi connectivity index (χ4n) is 3.47. The molecule has 1 aromatic heterocycles. The van der Waals surface area contributed by atoms with Gasteiger partial charge in [-0.2, -0.15) is 0 Å². The summed E-state index contributed by atoms with van der Waals surface area (Å²) in [6, 6.07) is 8.49. The summed E-state index contributed by atoms with van der Waals surface area (Å²) in [5.41, 5.74) is 3.29. The molecule has 1 amide bonds. The van der Waals surface area contributed by atoms with Crippen molar-refractivity contribution in [3.05, 3.63) is 53.1 Å². The smallest absolute Gasteiger partial charge is 0.272 e. The first-order valence-corrected chi connectivity index (χ1v) is 7.76. The number of carbonyl (C=O) groups is 1. The van der Waals surface area contributed by atoms with Crippen LogP contribution in [0, 0.1) is 0 Å². The molecular weight excluding hydrogens is 278 g/mol. The summed E-state index contributed by atoms with van der Waals surface area (Å²) in [6.45, 7) is 4.70. The first-order chi connectivity index (χ1) is 10.8. The Morgan fingerprint density at radius 1 is 1.32 bits per heavy atom. The van der Waals surface area contributed by atoms with Gasteiger partial charge >= 0.3 is 0 Å². The van der Waals surface area contributed by atoms with Crippen molar-refractivity contribution in [2.75, 3.05) is 13.2 Å². The molecule has 0 N–H and O–H groups in total. The molecule has 0 fully saturated rings. The van der Waals surface area contributed by atoms with Gasteiger partial charge < -0.3 is 14.2 Å². The van der Waals surface area contributed by atoms with E-state index in [0.29, 0.717) is 25.5 Å². The monoisotopic (exact) mass is 297 g/mol. The average Bonchev–Trinajstić information content (AvgIpc) is 2.99. The van der Waals surface area contributed by atoms with E-state index in [1.165, 1.54) is 11.1 Å². The van der Waals surface area contributed by atoms with Crippen molar-refractivity contribution in [2.45, 2.75) is 32.5 Å². The minimum Gasteiger partial charge on any atom is -0.372 e. The van der Waals surface area contributed by atoms with Crippen LogP contribution in [0.1, 0.15) is 40.4 Å². The molecule has 2 aromatic rings. The standard InChI is InChI=1S/C17H19N3O2/c1-12-14-5-3-2-4-13(14)6-7-19(12)17(21)15-10-18-16-11-22-9-8-20(15)16/h2-5,10,12H,6-9,11H2,1H3. The molecule has 22 heavy (non-hydrogen) atoms. The molecule has 5 nitrogen and oxygen atoms in total. The molecule has 1 atom stereocenters. The van der Waals surface area contributed by atoms with E-state index in [2.05, 4.69) is 30.1 Å². The maximum Gasteiger partial charge on any atom is 0.272 e. The first-order valence-electron chi connectivity index (χ1n) is 7.76. The van der Waals surface area contributed by atoms with Crippen molar-refractivity contribution in [1.29, 1.82) is 0 Å². The zero-order chi connectivity index (χ0) is 15.1. The molecular formula is C17H19N3O2. The second kappa shape index (κ2) is 5.25. The van der Waals surface area contributed by atoms with Gasteiger partial charge in [0.15, 0.2) is 0 Å². The number of carbonyl (C=O) groups excluding carboxylic acids is 1. The van der Waals surface area contributed by atoms with Crippen LogP contribution in [0.15, 0.2) is 30.5 Å². The van der Waals surface area contributed by atoms with Crippen molar-refractivity contribution < 1.29 is 9.53 Å². The van der Waals surface area contributed by atoms with E-state index in [1.54, 1.807) is 6.20 Å². The molecule has 0 saturated heterocycles. The van der Waals surface area contributed by atoms with Crippen LogP contribution in [0.4, 0.5) is 0 Å². The van der Waals surface area contributed by atoms with Crippen LogP contribution in [-0.4, -0.2) is 33.5 Å². The van der Waals surface area contributed by atoms with Crippen LogP contribution in [0.5, 0.6) is 0 Å². The highest BCUT2D eigenvalue weighted by molar-refractivity contribution is 5.93. The van der Waals surface area contributed by atoms with Gasteiger partial charge in [-0.1, -0.05) is 24.3 Å². The fourth-order valence-corrected chi connectivity index (χ4v) is 3.47. The van der Waals surface area contributed by atoms with Crippen molar-refractivity contribution >= 4 is 5.91 Å². The van der Waals surface area contributed by atoms with E-state index in [9.17, 15) is 4.79 Å². The van der Waals surface area contributed by atoms with Crippen LogP contribution in [0.2, 0.25) is 0 Å². The zero-order valence-electron chi connectivity index (χ0n) is 12.7. The minimum atomic E-state index is 0.0719. The molecule has 2 aliphatic rings. The molecule has 0 radical (unpaired) electrons. The van der Waals surface area contributed by atoms with E-state index >= 15 is 0 Å². The summed E-state index contributed by atoms with van der Waals surface area (Å²) in [5, 5.41) is 0. The van der Waals surface area contributed by atoms with E-state index in [-0.39, 0.29) is 11.9 Å². The zero-order valence-corrected chi connectivity index (χ0v) is 12.7. The maximum absolute atomic E-state index is 13.0. The molecule has 4 rings (SSSR count). The topological polar surface area (TPSA) is 47.4 Å². The SMILES string of the molecule is CC1c2ccccc2CCN1C(=O)c1cnc2n1CCOC2. The number of ether oxygens (including phenoxy) is 1. The largest absolute Gasteiger partial charge is 0.372 e. The van der Waals surface area contributed by atoms with Crippen molar-refractivity contribution in [3.8, 4) is 0 Å². The summed E-state index contributed by atoms with van der Waals surface area (Å²) >= 11 is 0. The molecule has 114 valence electrons. The quantitative estimate of drug-likeness (QED) is 0.810. The number of rotatable bonds is 1. The highest BCUT2D eigenvalue weighted by Crippen LogP contribution is 2.30. The Kier molecular flexibility index (Phi) is 3.22. The molecule has 5 heteroatoms. The molecule has 0 aliphatic carbocycles. The number of hydrogen-bond acceptors (Lipinski definition) is 3. The Morgan fingerprint density at radius 3 is 3.09 bits per heavy atom. The third kappa shape index (κ3) is 2.04. The Bertz CT molecular complexity index is 722. The highest BCUT2D eigenvalue weighted by atomic mass is 16.5. The van der Waals surface area contributed by atoms with Gasteiger partial charge in [0.2, 0.25) is 0 Å². The van der Waals surface area contributed by atoms with Crippen LogP contribution >= 0.6 is 0 Å². The lowest BCUT2D eigenvalue weighted by atomic mass is 9.93. The van der Waals surface area contributed by atoms with Crippen molar-refractivity contribution in [2.24, 2.45) is 0 Å². The molecule has 0 bridgehead atoms. The third-order valence-corrected chi connectivity index (χ3v) is 4.70. The van der Waals surface area contributed by atoms with Gasteiger partial charge in [0.05, 0.1) is 18.8 Å². The second-order valence-electron chi connectivity index (χ2n) is 5.89. The Morgan fingerprint density at radius 2 is 2.18 bits per heavy atom. The lowest BCUT2D eigenvalue weighted by Gasteiger charge is -2.35.